The summed E-state index contributed by atoms with van der Waals surface area (Å²) in [5.41, 5.74) is 1.31. The van der Waals surface area contributed by atoms with E-state index in [4.69, 9.17) is 4.84 Å². The van der Waals surface area contributed by atoms with Crippen LogP contribution in [-0.2, 0) is 4.84 Å². The maximum atomic E-state index is 5.19. The molecular formula is C12H23NO. The van der Waals surface area contributed by atoms with Crippen molar-refractivity contribution in [3.05, 3.63) is 0 Å². The highest BCUT2D eigenvalue weighted by Crippen LogP contribution is 2.29. The quantitative estimate of drug-likeness (QED) is 0.631. The fourth-order valence-corrected chi connectivity index (χ4v) is 2.18. The fourth-order valence-electron chi connectivity index (χ4n) is 2.18. The Morgan fingerprint density at radius 1 is 1.43 bits per heavy atom. The van der Waals surface area contributed by atoms with Gasteiger partial charge < -0.3 is 4.84 Å². The van der Waals surface area contributed by atoms with Gasteiger partial charge in [-0.3, -0.25) is 0 Å². The van der Waals surface area contributed by atoms with E-state index in [-0.39, 0.29) is 0 Å². The first-order chi connectivity index (χ1) is 6.79. The lowest BCUT2D eigenvalue weighted by molar-refractivity contribution is 0.153. The summed E-state index contributed by atoms with van der Waals surface area (Å²) < 4.78 is 0. The van der Waals surface area contributed by atoms with Crippen molar-refractivity contribution in [2.75, 3.05) is 6.61 Å². The highest BCUT2D eigenvalue weighted by atomic mass is 16.6. The Labute approximate surface area is 87.7 Å². The van der Waals surface area contributed by atoms with Gasteiger partial charge >= 0.3 is 0 Å². The van der Waals surface area contributed by atoms with Gasteiger partial charge in [0.15, 0.2) is 0 Å². The van der Waals surface area contributed by atoms with Crippen LogP contribution in [0.3, 0.4) is 0 Å². The predicted molar refractivity (Wildman–Crippen MR) is 60.5 cm³/mol. The van der Waals surface area contributed by atoms with Gasteiger partial charge in [-0.2, -0.15) is 0 Å². The Morgan fingerprint density at radius 2 is 2.21 bits per heavy atom. The molecule has 1 aliphatic carbocycles. The van der Waals surface area contributed by atoms with Crippen LogP contribution < -0.4 is 0 Å². The molecule has 0 N–H and O–H groups in total. The van der Waals surface area contributed by atoms with E-state index in [1.165, 1.54) is 31.4 Å². The predicted octanol–water partition coefficient (Wildman–Crippen LogP) is 3.62. The van der Waals surface area contributed by atoms with E-state index in [0.29, 0.717) is 12.5 Å². The van der Waals surface area contributed by atoms with E-state index in [1.54, 1.807) is 0 Å². The third-order valence-corrected chi connectivity index (χ3v) is 3.27. The fraction of sp³-hybridized carbons (Fsp3) is 0.917. The van der Waals surface area contributed by atoms with Crippen LogP contribution in [0.15, 0.2) is 5.16 Å². The van der Waals surface area contributed by atoms with Gasteiger partial charge in [-0.05, 0) is 32.1 Å². The molecule has 0 aromatic rings. The summed E-state index contributed by atoms with van der Waals surface area (Å²) in [6.07, 6.45) is 6.35. The lowest BCUT2D eigenvalue weighted by Gasteiger charge is -2.28. The van der Waals surface area contributed by atoms with E-state index in [2.05, 4.69) is 19.0 Å². The normalized spacial score (nSPS) is 27.6. The van der Waals surface area contributed by atoms with Crippen molar-refractivity contribution in [1.82, 2.24) is 0 Å². The molecular weight excluding hydrogens is 174 g/mol. The third-order valence-electron chi connectivity index (χ3n) is 3.27. The maximum Gasteiger partial charge on any atom is 0.114 e. The van der Waals surface area contributed by atoms with Gasteiger partial charge in [-0.15, -0.1) is 0 Å². The van der Waals surface area contributed by atoms with Crippen molar-refractivity contribution in [3.8, 4) is 0 Å². The number of nitrogens with zero attached hydrogens (tertiary/aromatic N) is 1. The summed E-state index contributed by atoms with van der Waals surface area (Å²) in [7, 11) is 0. The van der Waals surface area contributed by atoms with Gasteiger partial charge in [0.2, 0.25) is 0 Å². The van der Waals surface area contributed by atoms with Crippen molar-refractivity contribution < 1.29 is 4.84 Å². The smallest absolute Gasteiger partial charge is 0.114 e. The molecule has 1 fully saturated rings. The summed E-state index contributed by atoms with van der Waals surface area (Å²) in [5.74, 6) is 1.44. The zero-order chi connectivity index (χ0) is 10.4. The van der Waals surface area contributed by atoms with Gasteiger partial charge in [0.05, 0.1) is 5.71 Å². The van der Waals surface area contributed by atoms with Crippen LogP contribution in [0.2, 0.25) is 0 Å². The van der Waals surface area contributed by atoms with Crippen molar-refractivity contribution >= 4 is 5.71 Å². The Kier molecular flexibility index (Phi) is 4.99. The molecule has 14 heavy (non-hydrogen) atoms. The van der Waals surface area contributed by atoms with Crippen LogP contribution in [0.25, 0.3) is 0 Å². The van der Waals surface area contributed by atoms with Crippen LogP contribution in [0.5, 0.6) is 0 Å². The standard InChI is InChI=1S/C12H23NO/c1-4-10(3)11-8-6-7-9-12(11)13-14-5-2/h10-11H,4-9H2,1-3H3. The minimum absolute atomic E-state index is 0.681. The zero-order valence-corrected chi connectivity index (χ0v) is 9.75. The second kappa shape index (κ2) is 6.05. The number of rotatable bonds is 4. The van der Waals surface area contributed by atoms with Crippen LogP contribution in [0.4, 0.5) is 0 Å². The Morgan fingerprint density at radius 3 is 2.86 bits per heavy atom. The molecule has 2 nitrogen and oxygen atoms in total. The molecule has 0 amide bonds. The van der Waals surface area contributed by atoms with Crippen molar-refractivity contribution in [2.24, 2.45) is 17.0 Å². The molecule has 1 rings (SSSR count). The van der Waals surface area contributed by atoms with E-state index in [9.17, 15) is 0 Å². The first-order valence-electron chi connectivity index (χ1n) is 5.98. The van der Waals surface area contributed by atoms with Crippen LogP contribution in [0, 0.1) is 11.8 Å². The van der Waals surface area contributed by atoms with Gasteiger partial charge in [0, 0.05) is 5.92 Å². The molecule has 0 aromatic heterocycles. The molecule has 2 atom stereocenters. The number of hydrogen-bond donors (Lipinski definition) is 0. The lowest BCUT2D eigenvalue weighted by atomic mass is 9.78. The lowest BCUT2D eigenvalue weighted by Crippen LogP contribution is -2.25. The largest absolute Gasteiger partial charge is 0.396 e. The van der Waals surface area contributed by atoms with Crippen molar-refractivity contribution in [1.29, 1.82) is 0 Å². The second-order valence-electron chi connectivity index (χ2n) is 4.24. The topological polar surface area (TPSA) is 21.6 Å². The zero-order valence-electron chi connectivity index (χ0n) is 9.75. The maximum absolute atomic E-state index is 5.19. The molecule has 1 saturated carbocycles. The summed E-state index contributed by atoms with van der Waals surface area (Å²) >= 11 is 0. The van der Waals surface area contributed by atoms with E-state index < -0.39 is 0 Å². The SMILES string of the molecule is CCON=C1CCCCC1C(C)CC. The summed E-state index contributed by atoms with van der Waals surface area (Å²) in [6, 6.07) is 0. The molecule has 2 unspecified atom stereocenters. The average molecular weight is 197 g/mol. The monoisotopic (exact) mass is 197 g/mol. The molecule has 1 aliphatic rings. The van der Waals surface area contributed by atoms with E-state index >= 15 is 0 Å². The molecule has 0 saturated heterocycles. The molecule has 0 bridgehead atoms. The van der Waals surface area contributed by atoms with Crippen LogP contribution >= 0.6 is 0 Å². The third kappa shape index (κ3) is 3.00. The first-order valence-corrected chi connectivity index (χ1v) is 5.98. The Bertz CT molecular complexity index is 189. The summed E-state index contributed by atoms with van der Waals surface area (Å²) in [6.45, 7) is 7.27. The number of hydrogen-bond acceptors (Lipinski definition) is 2. The molecule has 0 radical (unpaired) electrons. The van der Waals surface area contributed by atoms with Crippen molar-refractivity contribution in [3.63, 3.8) is 0 Å². The first kappa shape index (κ1) is 11.5. The molecule has 82 valence electrons. The van der Waals surface area contributed by atoms with E-state index in [1.807, 2.05) is 6.92 Å². The van der Waals surface area contributed by atoms with Crippen LogP contribution in [0.1, 0.15) is 52.9 Å². The van der Waals surface area contributed by atoms with Gasteiger partial charge in [0.25, 0.3) is 0 Å². The van der Waals surface area contributed by atoms with Crippen molar-refractivity contribution in [2.45, 2.75) is 52.9 Å². The minimum Gasteiger partial charge on any atom is -0.396 e. The average Bonchev–Trinajstić information content (AvgIpc) is 2.25. The highest BCUT2D eigenvalue weighted by molar-refractivity contribution is 5.87. The molecule has 0 aliphatic heterocycles. The van der Waals surface area contributed by atoms with Gasteiger partial charge in [-0.25, -0.2) is 0 Å². The molecule has 0 spiro atoms. The highest BCUT2D eigenvalue weighted by Gasteiger charge is 2.25. The number of oxime groups is 1. The Balaban J connectivity index is 2.58. The molecule has 0 heterocycles. The molecule has 0 aromatic carbocycles. The Hall–Kier alpha value is -0.530. The summed E-state index contributed by atoms with van der Waals surface area (Å²) in [5, 5.41) is 4.27. The second-order valence-corrected chi connectivity index (χ2v) is 4.24. The van der Waals surface area contributed by atoms with Crippen LogP contribution in [-0.4, -0.2) is 12.3 Å². The van der Waals surface area contributed by atoms with Gasteiger partial charge in [0.1, 0.15) is 6.61 Å². The van der Waals surface area contributed by atoms with E-state index in [0.717, 1.165) is 12.3 Å². The molecule has 2 heteroatoms. The van der Waals surface area contributed by atoms with Gasteiger partial charge in [-0.1, -0.05) is 31.8 Å². The minimum atomic E-state index is 0.681. The summed E-state index contributed by atoms with van der Waals surface area (Å²) in [4.78, 5) is 5.19.